The van der Waals surface area contributed by atoms with Gasteiger partial charge in [0.05, 0.1) is 0 Å². The Labute approximate surface area is 122 Å². The first-order chi connectivity index (χ1) is 9.68. The molecule has 3 heteroatoms. The zero-order valence-electron chi connectivity index (χ0n) is 12.6. The van der Waals surface area contributed by atoms with E-state index in [2.05, 4.69) is 41.0 Å². The van der Waals surface area contributed by atoms with Crippen molar-refractivity contribution in [2.24, 2.45) is 5.92 Å². The molecule has 110 valence electrons. The third-order valence-corrected chi connectivity index (χ3v) is 4.51. The molecule has 0 spiro atoms. The van der Waals surface area contributed by atoms with E-state index in [9.17, 15) is 4.79 Å². The second-order valence-corrected chi connectivity index (χ2v) is 6.03. The molecule has 1 aromatic rings. The van der Waals surface area contributed by atoms with Gasteiger partial charge in [0.25, 0.3) is 0 Å². The molecule has 1 aliphatic rings. The van der Waals surface area contributed by atoms with E-state index in [1.54, 1.807) is 0 Å². The smallest absolute Gasteiger partial charge is 0.224 e. The number of rotatable bonds is 6. The van der Waals surface area contributed by atoms with Gasteiger partial charge in [0.1, 0.15) is 0 Å². The van der Waals surface area contributed by atoms with Gasteiger partial charge in [-0.05, 0) is 25.5 Å². The molecule has 1 amide bonds. The zero-order valence-corrected chi connectivity index (χ0v) is 12.6. The van der Waals surface area contributed by atoms with Gasteiger partial charge in [-0.1, -0.05) is 50.1 Å². The molecule has 1 fully saturated rings. The van der Waals surface area contributed by atoms with Crippen LogP contribution in [-0.4, -0.2) is 26.0 Å². The Morgan fingerprint density at radius 2 is 1.90 bits per heavy atom. The number of amides is 1. The third-order valence-electron chi connectivity index (χ3n) is 4.51. The average molecular weight is 274 g/mol. The van der Waals surface area contributed by atoms with Crippen molar-refractivity contribution in [3.63, 3.8) is 0 Å². The molecular formula is C17H26N2O. The van der Waals surface area contributed by atoms with E-state index in [1.165, 1.54) is 31.2 Å². The molecule has 1 aromatic carbocycles. The standard InChI is InChI=1S/C17H26N2O/c1-14(12-18-2)16(20)19-13-17(10-6-7-11-17)15-8-4-3-5-9-15/h3-5,8-9,14,18H,6-7,10-13H2,1-2H3,(H,19,20). The first kappa shape index (κ1) is 15.0. The Hall–Kier alpha value is -1.35. The molecule has 20 heavy (non-hydrogen) atoms. The highest BCUT2D eigenvalue weighted by Crippen LogP contribution is 2.40. The van der Waals surface area contributed by atoms with Crippen LogP contribution in [0.2, 0.25) is 0 Å². The highest BCUT2D eigenvalue weighted by atomic mass is 16.1. The van der Waals surface area contributed by atoms with Gasteiger partial charge in [-0.25, -0.2) is 0 Å². The van der Waals surface area contributed by atoms with E-state index < -0.39 is 0 Å². The molecule has 0 saturated heterocycles. The van der Waals surface area contributed by atoms with Crippen molar-refractivity contribution in [2.75, 3.05) is 20.1 Å². The molecule has 1 aliphatic carbocycles. The lowest BCUT2D eigenvalue weighted by Gasteiger charge is -2.30. The van der Waals surface area contributed by atoms with E-state index in [0.717, 1.165) is 13.1 Å². The number of benzene rings is 1. The molecular weight excluding hydrogens is 248 g/mol. The average Bonchev–Trinajstić information content (AvgIpc) is 2.96. The fourth-order valence-electron chi connectivity index (χ4n) is 3.24. The summed E-state index contributed by atoms with van der Waals surface area (Å²) in [5.74, 6) is 0.177. The third kappa shape index (κ3) is 3.40. The van der Waals surface area contributed by atoms with Crippen LogP contribution in [0.4, 0.5) is 0 Å². The minimum absolute atomic E-state index is 0.0224. The number of hydrogen-bond acceptors (Lipinski definition) is 2. The van der Waals surface area contributed by atoms with Crippen LogP contribution in [0.15, 0.2) is 30.3 Å². The van der Waals surface area contributed by atoms with Crippen molar-refractivity contribution in [3.8, 4) is 0 Å². The van der Waals surface area contributed by atoms with E-state index in [1.807, 2.05) is 14.0 Å². The van der Waals surface area contributed by atoms with Crippen molar-refractivity contribution in [3.05, 3.63) is 35.9 Å². The predicted octanol–water partition coefficient (Wildman–Crippen LogP) is 2.47. The molecule has 0 aliphatic heterocycles. The van der Waals surface area contributed by atoms with Crippen molar-refractivity contribution >= 4 is 5.91 Å². The van der Waals surface area contributed by atoms with E-state index in [0.29, 0.717) is 0 Å². The number of carbonyl (C=O) groups excluding carboxylic acids is 1. The molecule has 1 unspecified atom stereocenters. The summed E-state index contributed by atoms with van der Waals surface area (Å²) in [7, 11) is 1.88. The molecule has 0 heterocycles. The summed E-state index contributed by atoms with van der Waals surface area (Å²) >= 11 is 0. The molecule has 2 N–H and O–H groups in total. The van der Waals surface area contributed by atoms with Crippen LogP contribution in [0.5, 0.6) is 0 Å². The lowest BCUT2D eigenvalue weighted by molar-refractivity contribution is -0.124. The highest BCUT2D eigenvalue weighted by molar-refractivity contribution is 5.78. The van der Waals surface area contributed by atoms with Crippen LogP contribution in [0.3, 0.4) is 0 Å². The van der Waals surface area contributed by atoms with Crippen LogP contribution >= 0.6 is 0 Å². The quantitative estimate of drug-likeness (QED) is 0.836. The molecule has 0 radical (unpaired) electrons. The SMILES string of the molecule is CNCC(C)C(=O)NCC1(c2ccccc2)CCCC1. The predicted molar refractivity (Wildman–Crippen MR) is 82.7 cm³/mol. The van der Waals surface area contributed by atoms with Crippen LogP contribution < -0.4 is 10.6 Å². The summed E-state index contributed by atoms with van der Waals surface area (Å²) in [4.78, 5) is 12.1. The monoisotopic (exact) mass is 274 g/mol. The topological polar surface area (TPSA) is 41.1 Å². The van der Waals surface area contributed by atoms with Gasteiger partial charge in [-0.3, -0.25) is 4.79 Å². The van der Waals surface area contributed by atoms with Gasteiger partial charge in [0, 0.05) is 24.4 Å². The van der Waals surface area contributed by atoms with E-state index in [4.69, 9.17) is 0 Å². The van der Waals surface area contributed by atoms with Gasteiger partial charge in [-0.2, -0.15) is 0 Å². The normalized spacial score (nSPS) is 18.7. The number of hydrogen-bond donors (Lipinski definition) is 2. The Bertz CT molecular complexity index is 424. The fraction of sp³-hybridized carbons (Fsp3) is 0.588. The summed E-state index contributed by atoms with van der Waals surface area (Å²) in [5.41, 5.74) is 1.52. The largest absolute Gasteiger partial charge is 0.355 e. The molecule has 3 nitrogen and oxygen atoms in total. The van der Waals surface area contributed by atoms with E-state index in [-0.39, 0.29) is 17.2 Å². The van der Waals surface area contributed by atoms with Crippen molar-refractivity contribution < 1.29 is 4.79 Å². The van der Waals surface area contributed by atoms with Crippen LogP contribution in [-0.2, 0) is 10.2 Å². The van der Waals surface area contributed by atoms with Gasteiger partial charge in [-0.15, -0.1) is 0 Å². The second kappa shape index (κ2) is 6.89. The van der Waals surface area contributed by atoms with Crippen LogP contribution in [0, 0.1) is 5.92 Å². The molecule has 0 bridgehead atoms. The molecule has 1 saturated carbocycles. The zero-order chi connectivity index (χ0) is 14.4. The summed E-state index contributed by atoms with van der Waals surface area (Å²) in [6.07, 6.45) is 4.88. The van der Waals surface area contributed by atoms with Gasteiger partial charge in [0.15, 0.2) is 0 Å². The van der Waals surface area contributed by atoms with Crippen LogP contribution in [0.25, 0.3) is 0 Å². The number of carbonyl (C=O) groups is 1. The van der Waals surface area contributed by atoms with Gasteiger partial charge < -0.3 is 10.6 Å². The van der Waals surface area contributed by atoms with Crippen LogP contribution in [0.1, 0.15) is 38.2 Å². The van der Waals surface area contributed by atoms with E-state index >= 15 is 0 Å². The van der Waals surface area contributed by atoms with Gasteiger partial charge in [0.2, 0.25) is 5.91 Å². The summed E-state index contributed by atoms with van der Waals surface area (Å²) in [5, 5.41) is 6.23. The first-order valence-corrected chi connectivity index (χ1v) is 7.66. The summed E-state index contributed by atoms with van der Waals surface area (Å²) in [6.45, 7) is 3.46. The van der Waals surface area contributed by atoms with Gasteiger partial charge >= 0.3 is 0 Å². The second-order valence-electron chi connectivity index (χ2n) is 6.03. The highest BCUT2D eigenvalue weighted by Gasteiger charge is 2.35. The lowest BCUT2D eigenvalue weighted by Crippen LogP contribution is -2.42. The first-order valence-electron chi connectivity index (χ1n) is 7.66. The molecule has 2 rings (SSSR count). The Kier molecular flexibility index (Phi) is 5.18. The lowest BCUT2D eigenvalue weighted by atomic mass is 9.78. The minimum Gasteiger partial charge on any atom is -0.355 e. The van der Waals surface area contributed by atoms with Crippen molar-refractivity contribution in [1.29, 1.82) is 0 Å². The van der Waals surface area contributed by atoms with Crippen molar-refractivity contribution in [1.82, 2.24) is 10.6 Å². The Morgan fingerprint density at radius 1 is 1.25 bits per heavy atom. The number of nitrogens with one attached hydrogen (secondary N) is 2. The maximum absolute atomic E-state index is 12.1. The minimum atomic E-state index is 0.0224. The fourth-order valence-corrected chi connectivity index (χ4v) is 3.24. The maximum Gasteiger partial charge on any atom is 0.224 e. The maximum atomic E-state index is 12.1. The van der Waals surface area contributed by atoms with Crippen molar-refractivity contribution in [2.45, 2.75) is 38.0 Å². The Balaban J connectivity index is 2.02. The molecule has 0 aromatic heterocycles. The molecule has 1 atom stereocenters. The Morgan fingerprint density at radius 3 is 2.50 bits per heavy atom. The summed E-state index contributed by atoms with van der Waals surface area (Å²) in [6, 6.07) is 10.7. The summed E-state index contributed by atoms with van der Waals surface area (Å²) < 4.78 is 0.